The van der Waals surface area contributed by atoms with Crippen LogP contribution in [0, 0.1) is 5.41 Å². The van der Waals surface area contributed by atoms with E-state index in [2.05, 4.69) is 80.4 Å². The number of hydrogen-bond donors (Lipinski definition) is 1. The number of benzene rings is 1. The van der Waals surface area contributed by atoms with Crippen molar-refractivity contribution in [3.63, 3.8) is 0 Å². The Morgan fingerprint density at radius 2 is 1.95 bits per heavy atom. The molecular formula is C19H30N2. The molecule has 0 aromatic heterocycles. The summed E-state index contributed by atoms with van der Waals surface area (Å²) in [7, 11) is 0. The van der Waals surface area contributed by atoms with E-state index >= 15 is 0 Å². The van der Waals surface area contributed by atoms with Crippen LogP contribution in [0.3, 0.4) is 0 Å². The van der Waals surface area contributed by atoms with Crippen LogP contribution in [0.4, 0.5) is 0 Å². The second kappa shape index (κ2) is 7.24. The highest BCUT2D eigenvalue weighted by molar-refractivity contribution is 5.20. The monoisotopic (exact) mass is 286 g/mol. The van der Waals surface area contributed by atoms with Crippen molar-refractivity contribution in [2.75, 3.05) is 19.6 Å². The van der Waals surface area contributed by atoms with Crippen LogP contribution in [-0.4, -0.2) is 30.6 Å². The molecule has 1 N–H and O–H groups in total. The third kappa shape index (κ3) is 4.42. The maximum absolute atomic E-state index is 3.77. The summed E-state index contributed by atoms with van der Waals surface area (Å²) >= 11 is 0. The van der Waals surface area contributed by atoms with Gasteiger partial charge in [0.05, 0.1) is 0 Å². The summed E-state index contributed by atoms with van der Waals surface area (Å²) in [4.78, 5) is 2.65. The Morgan fingerprint density at radius 3 is 2.57 bits per heavy atom. The van der Waals surface area contributed by atoms with Crippen LogP contribution in [0.2, 0.25) is 0 Å². The molecular weight excluding hydrogens is 256 g/mol. The van der Waals surface area contributed by atoms with Crippen molar-refractivity contribution in [1.82, 2.24) is 10.2 Å². The van der Waals surface area contributed by atoms with Gasteiger partial charge in [0, 0.05) is 31.7 Å². The molecule has 1 saturated heterocycles. The topological polar surface area (TPSA) is 15.3 Å². The van der Waals surface area contributed by atoms with Gasteiger partial charge in [0.2, 0.25) is 0 Å². The van der Waals surface area contributed by atoms with Crippen LogP contribution < -0.4 is 5.32 Å². The number of piperazine rings is 1. The summed E-state index contributed by atoms with van der Waals surface area (Å²) in [5.41, 5.74) is 1.73. The Hall–Kier alpha value is -1.12. The van der Waals surface area contributed by atoms with E-state index in [1.54, 1.807) is 0 Å². The summed E-state index contributed by atoms with van der Waals surface area (Å²) in [6, 6.07) is 12.0. The summed E-state index contributed by atoms with van der Waals surface area (Å²) in [5, 5.41) is 3.77. The first-order valence-electron chi connectivity index (χ1n) is 8.16. The van der Waals surface area contributed by atoms with Crippen LogP contribution in [0.25, 0.3) is 0 Å². The molecule has 0 spiro atoms. The first-order chi connectivity index (χ1) is 10.0. The fourth-order valence-corrected chi connectivity index (χ4v) is 3.05. The van der Waals surface area contributed by atoms with Crippen molar-refractivity contribution in [3.8, 4) is 0 Å². The minimum absolute atomic E-state index is 0.306. The molecule has 2 rings (SSSR count). The van der Waals surface area contributed by atoms with Crippen LogP contribution >= 0.6 is 0 Å². The fourth-order valence-electron chi connectivity index (χ4n) is 3.05. The highest BCUT2D eigenvalue weighted by Crippen LogP contribution is 2.29. The number of nitrogens with one attached hydrogen (secondary N) is 1. The Kier molecular flexibility index (Phi) is 5.60. The molecule has 0 aliphatic carbocycles. The zero-order chi connectivity index (χ0) is 15.3. The van der Waals surface area contributed by atoms with Gasteiger partial charge in [-0.2, -0.15) is 0 Å². The SMILES string of the molecule is C/C=C/CCN1CC(C(C)(C)C)NCC1c1ccccc1. The molecule has 1 aromatic carbocycles. The zero-order valence-electron chi connectivity index (χ0n) is 14.0. The minimum Gasteiger partial charge on any atom is -0.310 e. The second-order valence-electron chi connectivity index (χ2n) is 7.11. The summed E-state index contributed by atoms with van der Waals surface area (Å²) in [5.74, 6) is 0. The average Bonchev–Trinajstić information content (AvgIpc) is 2.47. The van der Waals surface area contributed by atoms with Gasteiger partial charge in [0.15, 0.2) is 0 Å². The van der Waals surface area contributed by atoms with E-state index in [1.165, 1.54) is 5.56 Å². The van der Waals surface area contributed by atoms with E-state index in [0.717, 1.165) is 26.1 Å². The predicted octanol–water partition coefficient (Wildman–Crippen LogP) is 4.01. The molecule has 21 heavy (non-hydrogen) atoms. The lowest BCUT2D eigenvalue weighted by molar-refractivity contribution is 0.0870. The Balaban J connectivity index is 2.12. The van der Waals surface area contributed by atoms with Crippen LogP contribution in [0.5, 0.6) is 0 Å². The van der Waals surface area contributed by atoms with E-state index < -0.39 is 0 Å². The van der Waals surface area contributed by atoms with Crippen LogP contribution in [0.15, 0.2) is 42.5 Å². The Labute approximate surface area is 130 Å². The second-order valence-corrected chi connectivity index (χ2v) is 7.11. The van der Waals surface area contributed by atoms with E-state index in [-0.39, 0.29) is 0 Å². The largest absolute Gasteiger partial charge is 0.310 e. The number of hydrogen-bond acceptors (Lipinski definition) is 2. The van der Waals surface area contributed by atoms with E-state index in [1.807, 2.05) is 0 Å². The maximum atomic E-state index is 3.77. The summed E-state index contributed by atoms with van der Waals surface area (Å²) < 4.78 is 0. The molecule has 0 radical (unpaired) electrons. The molecule has 2 atom stereocenters. The Morgan fingerprint density at radius 1 is 1.24 bits per heavy atom. The molecule has 2 unspecified atom stereocenters. The number of nitrogens with zero attached hydrogens (tertiary/aromatic N) is 1. The van der Waals surface area contributed by atoms with Gasteiger partial charge < -0.3 is 5.32 Å². The highest BCUT2D eigenvalue weighted by atomic mass is 15.2. The molecule has 1 aliphatic heterocycles. The van der Waals surface area contributed by atoms with Crippen molar-refractivity contribution in [2.24, 2.45) is 5.41 Å². The normalized spacial score (nSPS) is 24.6. The van der Waals surface area contributed by atoms with E-state index in [9.17, 15) is 0 Å². The molecule has 0 bridgehead atoms. The molecule has 1 fully saturated rings. The zero-order valence-corrected chi connectivity index (χ0v) is 14.0. The molecule has 2 heteroatoms. The standard InChI is InChI=1S/C19H30N2/c1-5-6-10-13-21-15-18(19(2,3)4)20-14-17(21)16-11-8-7-9-12-16/h5-9,11-12,17-18,20H,10,13-15H2,1-4H3/b6-5+. The van der Waals surface area contributed by atoms with Gasteiger partial charge in [-0.1, -0.05) is 63.3 Å². The summed E-state index contributed by atoms with van der Waals surface area (Å²) in [6.07, 6.45) is 5.56. The third-order valence-corrected chi connectivity index (χ3v) is 4.46. The average molecular weight is 286 g/mol. The quantitative estimate of drug-likeness (QED) is 0.841. The van der Waals surface area contributed by atoms with Gasteiger partial charge in [0.25, 0.3) is 0 Å². The van der Waals surface area contributed by atoms with E-state index in [4.69, 9.17) is 0 Å². The molecule has 1 aromatic rings. The minimum atomic E-state index is 0.306. The van der Waals surface area contributed by atoms with Crippen LogP contribution in [-0.2, 0) is 0 Å². The number of allylic oxidation sites excluding steroid dienone is 1. The van der Waals surface area contributed by atoms with Crippen molar-refractivity contribution in [3.05, 3.63) is 48.0 Å². The molecule has 0 saturated carbocycles. The van der Waals surface area contributed by atoms with Gasteiger partial charge in [0.1, 0.15) is 0 Å². The van der Waals surface area contributed by atoms with Crippen molar-refractivity contribution < 1.29 is 0 Å². The highest BCUT2D eigenvalue weighted by Gasteiger charge is 2.34. The molecule has 2 nitrogen and oxygen atoms in total. The van der Waals surface area contributed by atoms with Crippen molar-refractivity contribution in [1.29, 1.82) is 0 Å². The first-order valence-corrected chi connectivity index (χ1v) is 8.16. The predicted molar refractivity (Wildman–Crippen MR) is 91.4 cm³/mol. The number of rotatable bonds is 4. The van der Waals surface area contributed by atoms with Gasteiger partial charge >= 0.3 is 0 Å². The van der Waals surface area contributed by atoms with Gasteiger partial charge in [-0.15, -0.1) is 0 Å². The Bertz CT molecular complexity index is 444. The van der Waals surface area contributed by atoms with E-state index in [0.29, 0.717) is 17.5 Å². The first kappa shape index (κ1) is 16.3. The van der Waals surface area contributed by atoms with Gasteiger partial charge in [-0.25, -0.2) is 0 Å². The molecule has 1 heterocycles. The molecule has 116 valence electrons. The maximum Gasteiger partial charge on any atom is 0.0473 e. The third-order valence-electron chi connectivity index (χ3n) is 4.46. The lowest BCUT2D eigenvalue weighted by Gasteiger charge is -2.45. The van der Waals surface area contributed by atoms with Gasteiger partial charge in [-0.05, 0) is 24.3 Å². The lowest BCUT2D eigenvalue weighted by Crippen LogP contribution is -2.57. The lowest BCUT2D eigenvalue weighted by atomic mass is 9.84. The van der Waals surface area contributed by atoms with Crippen molar-refractivity contribution >= 4 is 0 Å². The fraction of sp³-hybridized carbons (Fsp3) is 0.579. The molecule has 0 amide bonds. The van der Waals surface area contributed by atoms with Gasteiger partial charge in [-0.3, -0.25) is 4.90 Å². The van der Waals surface area contributed by atoms with Crippen molar-refractivity contribution in [2.45, 2.75) is 46.2 Å². The summed E-state index contributed by atoms with van der Waals surface area (Å²) in [6.45, 7) is 12.4. The van der Waals surface area contributed by atoms with Crippen LogP contribution in [0.1, 0.15) is 45.7 Å². The smallest absolute Gasteiger partial charge is 0.0473 e. The molecule has 1 aliphatic rings.